The molecule has 4 rings (SSSR count). The molecule has 2 aromatic carbocycles. The van der Waals surface area contributed by atoms with Crippen molar-refractivity contribution in [2.24, 2.45) is 0 Å². The van der Waals surface area contributed by atoms with Crippen molar-refractivity contribution in [2.45, 2.75) is 31.8 Å². The quantitative estimate of drug-likeness (QED) is 0.925. The van der Waals surface area contributed by atoms with Crippen molar-refractivity contribution in [1.82, 2.24) is 0 Å². The van der Waals surface area contributed by atoms with Crippen LogP contribution in [0.3, 0.4) is 0 Å². The van der Waals surface area contributed by atoms with Gasteiger partial charge in [0.15, 0.2) is 11.5 Å². The molecule has 0 aromatic heterocycles. The van der Waals surface area contributed by atoms with Gasteiger partial charge in [-0.1, -0.05) is 24.3 Å². The van der Waals surface area contributed by atoms with Gasteiger partial charge in [0.25, 0.3) is 5.91 Å². The van der Waals surface area contributed by atoms with Crippen LogP contribution in [-0.2, 0) is 17.6 Å². The van der Waals surface area contributed by atoms with E-state index in [0.29, 0.717) is 11.5 Å². The minimum atomic E-state index is -0.621. The number of carbonyl (C=O) groups is 1. The molecule has 1 unspecified atom stereocenters. The number of hydrogen-bond donors (Lipinski definition) is 1. The predicted octanol–water partition coefficient (Wildman–Crippen LogP) is 3.34. The number of benzene rings is 2. The molecule has 1 amide bonds. The maximum atomic E-state index is 12.5. The highest BCUT2D eigenvalue weighted by molar-refractivity contribution is 5.95. The molecule has 0 bridgehead atoms. The third-order valence-electron chi connectivity index (χ3n) is 4.45. The Bertz CT molecular complexity index is 741. The Balaban J connectivity index is 1.51. The van der Waals surface area contributed by atoms with E-state index in [9.17, 15) is 4.79 Å². The minimum Gasteiger partial charge on any atom is -0.485 e. The molecule has 2 aliphatic rings. The lowest BCUT2D eigenvalue weighted by Crippen LogP contribution is -2.40. The summed E-state index contributed by atoms with van der Waals surface area (Å²) in [5, 5.41) is 3.03. The third-order valence-corrected chi connectivity index (χ3v) is 4.45. The van der Waals surface area contributed by atoms with Crippen LogP contribution in [0.1, 0.15) is 24.0 Å². The van der Waals surface area contributed by atoms with Gasteiger partial charge in [0, 0.05) is 5.69 Å². The van der Waals surface area contributed by atoms with E-state index in [2.05, 4.69) is 11.4 Å². The van der Waals surface area contributed by atoms with Gasteiger partial charge in [-0.2, -0.15) is 0 Å². The summed E-state index contributed by atoms with van der Waals surface area (Å²) in [6.45, 7) is 0.234. The number of amides is 1. The Morgan fingerprint density at radius 1 is 1.00 bits per heavy atom. The van der Waals surface area contributed by atoms with Crippen molar-refractivity contribution in [3.8, 4) is 11.5 Å². The van der Waals surface area contributed by atoms with E-state index in [0.717, 1.165) is 18.5 Å². The fraction of sp³-hybridized carbons (Fsp3) is 0.316. The maximum absolute atomic E-state index is 12.5. The maximum Gasteiger partial charge on any atom is 0.269 e. The summed E-state index contributed by atoms with van der Waals surface area (Å²) in [5.41, 5.74) is 3.53. The van der Waals surface area contributed by atoms with Gasteiger partial charge in [0.2, 0.25) is 6.10 Å². The second-order valence-electron chi connectivity index (χ2n) is 6.00. The molecule has 1 aliphatic heterocycles. The molecular formula is C19H19NO3. The van der Waals surface area contributed by atoms with Crippen LogP contribution < -0.4 is 14.8 Å². The number of ether oxygens (including phenoxy) is 2. The lowest BCUT2D eigenvalue weighted by Gasteiger charge is -2.26. The monoisotopic (exact) mass is 309 g/mol. The van der Waals surface area contributed by atoms with Crippen LogP contribution in [0.15, 0.2) is 42.5 Å². The molecule has 4 heteroatoms. The van der Waals surface area contributed by atoms with Crippen LogP contribution in [0.2, 0.25) is 0 Å². The Hall–Kier alpha value is -2.49. The lowest BCUT2D eigenvalue weighted by atomic mass is 9.90. The van der Waals surface area contributed by atoms with Crippen LogP contribution >= 0.6 is 0 Å². The second kappa shape index (κ2) is 5.95. The first-order valence-electron chi connectivity index (χ1n) is 8.11. The number of para-hydroxylation sites is 2. The zero-order valence-electron chi connectivity index (χ0n) is 12.9. The Labute approximate surface area is 135 Å². The van der Waals surface area contributed by atoms with Gasteiger partial charge in [-0.25, -0.2) is 0 Å². The van der Waals surface area contributed by atoms with Gasteiger partial charge in [0.05, 0.1) is 0 Å². The van der Waals surface area contributed by atoms with Crippen LogP contribution in [-0.4, -0.2) is 18.6 Å². The number of aryl methyl sites for hydroxylation is 1. The lowest BCUT2D eigenvalue weighted by molar-refractivity contribution is -0.125. The average molecular weight is 309 g/mol. The standard InChI is InChI=1S/C19H19NO3/c21-19(18-12-22-16-10-3-4-11-17(16)23-18)20-15-9-5-7-13-6-1-2-8-14(13)15/h3-5,7,9-11,18H,1-2,6,8,12H2,(H,20,21). The summed E-state index contributed by atoms with van der Waals surface area (Å²) in [6.07, 6.45) is 3.90. The zero-order chi connectivity index (χ0) is 15.6. The average Bonchev–Trinajstić information content (AvgIpc) is 2.61. The topological polar surface area (TPSA) is 47.6 Å². The fourth-order valence-corrected chi connectivity index (χ4v) is 3.26. The van der Waals surface area contributed by atoms with Crippen molar-refractivity contribution < 1.29 is 14.3 Å². The van der Waals surface area contributed by atoms with Gasteiger partial charge in [-0.05, 0) is 55.0 Å². The van der Waals surface area contributed by atoms with Gasteiger partial charge in [-0.3, -0.25) is 4.79 Å². The number of carbonyl (C=O) groups excluding carboxylic acids is 1. The number of rotatable bonds is 2. The van der Waals surface area contributed by atoms with Crippen LogP contribution in [0, 0.1) is 0 Å². The van der Waals surface area contributed by atoms with E-state index < -0.39 is 6.10 Å². The molecule has 0 fully saturated rings. The van der Waals surface area contributed by atoms with Crippen molar-refractivity contribution in [1.29, 1.82) is 0 Å². The van der Waals surface area contributed by atoms with Crippen molar-refractivity contribution >= 4 is 11.6 Å². The van der Waals surface area contributed by atoms with E-state index in [1.54, 1.807) is 0 Å². The Kier molecular flexibility index (Phi) is 3.66. The first kappa shape index (κ1) is 14.1. The highest BCUT2D eigenvalue weighted by Crippen LogP contribution is 2.32. The van der Waals surface area contributed by atoms with Crippen molar-refractivity contribution in [2.75, 3.05) is 11.9 Å². The molecule has 1 N–H and O–H groups in total. The normalized spacial score (nSPS) is 18.9. The van der Waals surface area contributed by atoms with E-state index in [1.807, 2.05) is 36.4 Å². The molecule has 118 valence electrons. The molecule has 1 atom stereocenters. The van der Waals surface area contributed by atoms with Crippen molar-refractivity contribution in [3.63, 3.8) is 0 Å². The summed E-state index contributed by atoms with van der Waals surface area (Å²) < 4.78 is 11.4. The fourth-order valence-electron chi connectivity index (χ4n) is 3.26. The molecule has 0 saturated carbocycles. The van der Waals surface area contributed by atoms with Gasteiger partial charge in [-0.15, -0.1) is 0 Å². The summed E-state index contributed by atoms with van der Waals surface area (Å²) in [7, 11) is 0. The molecule has 0 saturated heterocycles. The van der Waals surface area contributed by atoms with E-state index >= 15 is 0 Å². The molecule has 0 spiro atoms. The predicted molar refractivity (Wildman–Crippen MR) is 88.1 cm³/mol. The Morgan fingerprint density at radius 3 is 2.74 bits per heavy atom. The van der Waals surface area contributed by atoms with Crippen LogP contribution in [0.5, 0.6) is 11.5 Å². The molecule has 1 aliphatic carbocycles. The number of fused-ring (bicyclic) bond motifs is 2. The summed E-state index contributed by atoms with van der Waals surface area (Å²) in [5.74, 6) is 1.15. The van der Waals surface area contributed by atoms with E-state index in [-0.39, 0.29) is 12.5 Å². The smallest absolute Gasteiger partial charge is 0.269 e. The molecule has 1 heterocycles. The first-order valence-corrected chi connectivity index (χ1v) is 8.11. The molecule has 2 aromatic rings. The summed E-state index contributed by atoms with van der Waals surface area (Å²) in [6, 6.07) is 13.6. The third kappa shape index (κ3) is 2.77. The van der Waals surface area contributed by atoms with Gasteiger partial charge in [0.1, 0.15) is 6.61 Å². The Morgan fingerprint density at radius 2 is 1.83 bits per heavy atom. The number of nitrogens with one attached hydrogen (secondary N) is 1. The number of anilines is 1. The van der Waals surface area contributed by atoms with Crippen LogP contribution in [0.25, 0.3) is 0 Å². The molecular weight excluding hydrogens is 290 g/mol. The highest BCUT2D eigenvalue weighted by atomic mass is 16.6. The van der Waals surface area contributed by atoms with E-state index in [4.69, 9.17) is 9.47 Å². The van der Waals surface area contributed by atoms with Crippen LogP contribution in [0.4, 0.5) is 5.69 Å². The summed E-state index contributed by atoms with van der Waals surface area (Å²) in [4.78, 5) is 12.5. The highest BCUT2D eigenvalue weighted by Gasteiger charge is 2.28. The minimum absolute atomic E-state index is 0.154. The van der Waals surface area contributed by atoms with Gasteiger partial charge < -0.3 is 14.8 Å². The molecule has 23 heavy (non-hydrogen) atoms. The van der Waals surface area contributed by atoms with Crippen molar-refractivity contribution in [3.05, 3.63) is 53.6 Å². The second-order valence-corrected chi connectivity index (χ2v) is 6.00. The molecule has 4 nitrogen and oxygen atoms in total. The zero-order valence-corrected chi connectivity index (χ0v) is 12.9. The van der Waals surface area contributed by atoms with E-state index in [1.165, 1.54) is 24.0 Å². The molecule has 0 radical (unpaired) electrons. The summed E-state index contributed by atoms with van der Waals surface area (Å²) >= 11 is 0. The number of hydrogen-bond acceptors (Lipinski definition) is 3. The largest absolute Gasteiger partial charge is 0.485 e. The SMILES string of the molecule is O=C(Nc1cccc2c1CCCC2)C1COc2ccccc2O1. The van der Waals surface area contributed by atoms with Gasteiger partial charge >= 0.3 is 0 Å². The first-order chi connectivity index (χ1) is 11.3.